The second-order valence-electron chi connectivity index (χ2n) is 4.82. The van der Waals surface area contributed by atoms with E-state index < -0.39 is 0 Å². The number of halogens is 1. The van der Waals surface area contributed by atoms with Crippen molar-refractivity contribution in [1.29, 1.82) is 0 Å². The molecular formula is C14H16FNO. The van der Waals surface area contributed by atoms with Gasteiger partial charge in [-0.3, -0.25) is 0 Å². The van der Waals surface area contributed by atoms with Crippen molar-refractivity contribution in [3.63, 3.8) is 0 Å². The summed E-state index contributed by atoms with van der Waals surface area (Å²) in [5, 5.41) is 1.08. The molecule has 2 heterocycles. The van der Waals surface area contributed by atoms with E-state index in [9.17, 15) is 4.39 Å². The first-order chi connectivity index (χ1) is 8.22. The molecule has 1 aliphatic rings. The summed E-state index contributed by atoms with van der Waals surface area (Å²) < 4.78 is 21.1. The molecular weight excluding hydrogens is 217 g/mol. The molecule has 0 bridgehead atoms. The first kappa shape index (κ1) is 10.8. The Balaban J connectivity index is 1.87. The molecule has 0 radical (unpaired) electrons. The lowest BCUT2D eigenvalue weighted by Crippen LogP contribution is -2.15. The van der Waals surface area contributed by atoms with Gasteiger partial charge in [0, 0.05) is 12.7 Å². The highest BCUT2D eigenvalue weighted by molar-refractivity contribution is 5.80. The molecule has 90 valence electrons. The fourth-order valence-corrected chi connectivity index (χ4v) is 2.56. The minimum Gasteiger partial charge on any atom is -0.373 e. The smallest absolute Gasteiger partial charge is 0.125 e. The largest absolute Gasteiger partial charge is 0.373 e. The molecule has 0 N–H and O–H groups in total. The average molecular weight is 233 g/mol. The first-order valence-electron chi connectivity index (χ1n) is 6.12. The number of benzene rings is 1. The monoisotopic (exact) mass is 233 g/mol. The van der Waals surface area contributed by atoms with Gasteiger partial charge >= 0.3 is 0 Å². The Morgan fingerprint density at radius 1 is 1.35 bits per heavy atom. The maximum atomic E-state index is 13.2. The Labute approximate surface area is 100.0 Å². The van der Waals surface area contributed by atoms with Crippen molar-refractivity contribution >= 4 is 10.9 Å². The van der Waals surface area contributed by atoms with Gasteiger partial charge in [0.25, 0.3) is 0 Å². The zero-order valence-corrected chi connectivity index (χ0v) is 9.90. The molecule has 1 aromatic heterocycles. The van der Waals surface area contributed by atoms with Gasteiger partial charge in [0.05, 0.1) is 17.7 Å². The highest BCUT2D eigenvalue weighted by Crippen LogP contribution is 2.23. The van der Waals surface area contributed by atoms with Crippen molar-refractivity contribution in [2.45, 2.75) is 38.5 Å². The van der Waals surface area contributed by atoms with Gasteiger partial charge < -0.3 is 9.30 Å². The second kappa shape index (κ2) is 4.15. The maximum Gasteiger partial charge on any atom is 0.125 e. The normalized spacial score (nSPS) is 24.6. The fourth-order valence-electron chi connectivity index (χ4n) is 2.56. The number of hydrogen-bond acceptors (Lipinski definition) is 1. The topological polar surface area (TPSA) is 14.2 Å². The number of ether oxygens (including phenoxy) is 1. The van der Waals surface area contributed by atoms with Crippen LogP contribution in [-0.2, 0) is 11.3 Å². The van der Waals surface area contributed by atoms with Crippen LogP contribution < -0.4 is 0 Å². The van der Waals surface area contributed by atoms with Gasteiger partial charge in [-0.15, -0.1) is 0 Å². The SMILES string of the molecule is CC1CCC(Cn2ccc3ccc(F)cc32)O1. The second-order valence-corrected chi connectivity index (χ2v) is 4.82. The molecule has 2 unspecified atom stereocenters. The molecule has 2 nitrogen and oxygen atoms in total. The number of hydrogen-bond donors (Lipinski definition) is 0. The number of fused-ring (bicyclic) bond motifs is 1. The Morgan fingerprint density at radius 3 is 3.00 bits per heavy atom. The van der Waals surface area contributed by atoms with Gasteiger partial charge in [-0.1, -0.05) is 0 Å². The van der Waals surface area contributed by atoms with Gasteiger partial charge in [-0.25, -0.2) is 4.39 Å². The third-order valence-corrected chi connectivity index (χ3v) is 3.46. The molecule has 1 aliphatic heterocycles. The molecule has 2 aromatic rings. The minimum atomic E-state index is -0.182. The third kappa shape index (κ3) is 2.07. The van der Waals surface area contributed by atoms with Crippen LogP contribution in [0.3, 0.4) is 0 Å². The lowest BCUT2D eigenvalue weighted by atomic mass is 10.2. The summed E-state index contributed by atoms with van der Waals surface area (Å²) in [6.45, 7) is 2.92. The van der Waals surface area contributed by atoms with E-state index in [1.54, 1.807) is 6.07 Å². The molecule has 3 rings (SSSR count). The lowest BCUT2D eigenvalue weighted by Gasteiger charge is -2.13. The predicted octanol–water partition coefficient (Wildman–Crippen LogP) is 3.35. The van der Waals surface area contributed by atoms with Crippen molar-refractivity contribution < 1.29 is 9.13 Å². The van der Waals surface area contributed by atoms with Gasteiger partial charge in [0.15, 0.2) is 0 Å². The summed E-state index contributed by atoms with van der Waals surface area (Å²) in [4.78, 5) is 0. The van der Waals surface area contributed by atoms with Gasteiger partial charge in [-0.05, 0) is 49.4 Å². The highest BCUT2D eigenvalue weighted by atomic mass is 19.1. The lowest BCUT2D eigenvalue weighted by molar-refractivity contribution is 0.0465. The summed E-state index contributed by atoms with van der Waals surface area (Å²) >= 11 is 0. The van der Waals surface area contributed by atoms with Crippen LogP contribution in [0, 0.1) is 5.82 Å². The van der Waals surface area contributed by atoms with Crippen molar-refractivity contribution in [1.82, 2.24) is 4.57 Å². The van der Waals surface area contributed by atoms with E-state index in [4.69, 9.17) is 4.74 Å². The molecule has 0 spiro atoms. The average Bonchev–Trinajstić information content (AvgIpc) is 2.87. The molecule has 0 amide bonds. The summed E-state index contributed by atoms with van der Waals surface area (Å²) in [6, 6.07) is 6.93. The van der Waals surface area contributed by atoms with E-state index in [-0.39, 0.29) is 11.9 Å². The quantitative estimate of drug-likeness (QED) is 0.776. The molecule has 3 heteroatoms. The van der Waals surface area contributed by atoms with Crippen LogP contribution in [-0.4, -0.2) is 16.8 Å². The molecule has 1 saturated heterocycles. The van der Waals surface area contributed by atoms with E-state index in [2.05, 4.69) is 11.5 Å². The summed E-state index contributed by atoms with van der Waals surface area (Å²) in [7, 11) is 0. The van der Waals surface area contributed by atoms with Gasteiger partial charge in [-0.2, -0.15) is 0 Å². The minimum absolute atomic E-state index is 0.182. The van der Waals surface area contributed by atoms with Crippen LogP contribution in [0.4, 0.5) is 4.39 Å². The predicted molar refractivity (Wildman–Crippen MR) is 65.5 cm³/mol. The number of nitrogens with zero attached hydrogens (tertiary/aromatic N) is 1. The van der Waals surface area contributed by atoms with Crippen LogP contribution in [0.2, 0.25) is 0 Å². The van der Waals surface area contributed by atoms with Crippen LogP contribution in [0.15, 0.2) is 30.5 Å². The van der Waals surface area contributed by atoms with E-state index in [1.807, 2.05) is 18.3 Å². The maximum absolute atomic E-state index is 13.2. The van der Waals surface area contributed by atoms with Crippen LogP contribution in [0.5, 0.6) is 0 Å². The summed E-state index contributed by atoms with van der Waals surface area (Å²) in [5.41, 5.74) is 0.952. The van der Waals surface area contributed by atoms with Gasteiger partial charge in [0.2, 0.25) is 0 Å². The number of aromatic nitrogens is 1. The first-order valence-corrected chi connectivity index (χ1v) is 6.12. The zero-order valence-electron chi connectivity index (χ0n) is 9.90. The van der Waals surface area contributed by atoms with Crippen LogP contribution >= 0.6 is 0 Å². The Hall–Kier alpha value is -1.35. The molecule has 0 aliphatic carbocycles. The third-order valence-electron chi connectivity index (χ3n) is 3.46. The van der Waals surface area contributed by atoms with Crippen LogP contribution in [0.25, 0.3) is 10.9 Å². The summed E-state index contributed by atoms with van der Waals surface area (Å²) in [6.07, 6.45) is 4.85. The Morgan fingerprint density at radius 2 is 2.24 bits per heavy atom. The Bertz CT molecular complexity index is 534. The Kier molecular flexibility index (Phi) is 2.63. The highest BCUT2D eigenvalue weighted by Gasteiger charge is 2.22. The van der Waals surface area contributed by atoms with Crippen molar-refractivity contribution in [3.8, 4) is 0 Å². The van der Waals surface area contributed by atoms with E-state index >= 15 is 0 Å². The molecule has 2 atom stereocenters. The van der Waals surface area contributed by atoms with Crippen molar-refractivity contribution in [2.75, 3.05) is 0 Å². The van der Waals surface area contributed by atoms with Crippen LogP contribution in [0.1, 0.15) is 19.8 Å². The number of rotatable bonds is 2. The van der Waals surface area contributed by atoms with E-state index in [0.717, 1.165) is 30.3 Å². The van der Waals surface area contributed by atoms with Crippen molar-refractivity contribution in [2.24, 2.45) is 0 Å². The summed E-state index contributed by atoms with van der Waals surface area (Å²) in [5.74, 6) is -0.182. The molecule has 0 saturated carbocycles. The standard InChI is InChI=1S/C14H16FNO/c1-10-2-5-13(17-10)9-16-7-6-11-3-4-12(15)8-14(11)16/h3-4,6-8,10,13H,2,5,9H2,1H3. The molecule has 1 aromatic carbocycles. The van der Waals surface area contributed by atoms with E-state index in [0.29, 0.717) is 6.10 Å². The molecule has 17 heavy (non-hydrogen) atoms. The fraction of sp³-hybridized carbons (Fsp3) is 0.429. The van der Waals surface area contributed by atoms with E-state index in [1.165, 1.54) is 6.07 Å². The van der Waals surface area contributed by atoms with Gasteiger partial charge in [0.1, 0.15) is 5.82 Å². The van der Waals surface area contributed by atoms with Crippen molar-refractivity contribution in [3.05, 3.63) is 36.3 Å². The molecule has 1 fully saturated rings. The zero-order chi connectivity index (χ0) is 11.8.